The van der Waals surface area contributed by atoms with Crippen LogP contribution in [0.2, 0.25) is 0 Å². The van der Waals surface area contributed by atoms with Crippen LogP contribution < -0.4 is 16.2 Å². The molecule has 0 radical (unpaired) electrons. The van der Waals surface area contributed by atoms with E-state index in [1.807, 2.05) is 0 Å². The summed E-state index contributed by atoms with van der Waals surface area (Å²) in [5, 5.41) is 50.1. The third-order valence-electron chi connectivity index (χ3n) is 8.17. The summed E-state index contributed by atoms with van der Waals surface area (Å²) < 4.78 is 0. The maximum atomic E-state index is 12.9. The SMILES string of the molecule is C=C[C@@H](NC(=O)c1ccc(NNC(=O)CC(C(=O)O)N2CCN(CC(=O)O)CCN(CC(=O)O)CC2)cc1)C(=O)N1CCC[C@H]1B(O)O. The minimum absolute atomic E-state index is 0.135. The van der Waals surface area contributed by atoms with Crippen LogP contribution in [0.25, 0.3) is 0 Å². The molecule has 18 nitrogen and oxygen atoms in total. The average molecular weight is 676 g/mol. The number of anilines is 1. The second-order valence-electron chi connectivity index (χ2n) is 11.5. The molecule has 48 heavy (non-hydrogen) atoms. The van der Waals surface area contributed by atoms with Crippen LogP contribution in [0.15, 0.2) is 36.9 Å². The minimum atomic E-state index is -1.70. The van der Waals surface area contributed by atoms with Crippen molar-refractivity contribution in [1.29, 1.82) is 0 Å². The normalized spacial score (nSPS) is 19.1. The Morgan fingerprint density at radius 1 is 0.875 bits per heavy atom. The first-order valence-corrected chi connectivity index (χ1v) is 15.4. The predicted molar refractivity (Wildman–Crippen MR) is 170 cm³/mol. The number of hydrogen-bond acceptors (Lipinski definition) is 12. The number of rotatable bonds is 15. The van der Waals surface area contributed by atoms with E-state index in [0.29, 0.717) is 25.1 Å². The minimum Gasteiger partial charge on any atom is -0.480 e. The smallest absolute Gasteiger partial charge is 0.475 e. The summed E-state index contributed by atoms with van der Waals surface area (Å²) in [6, 6.07) is 3.42. The molecule has 2 saturated heterocycles. The van der Waals surface area contributed by atoms with Gasteiger partial charge in [-0.2, -0.15) is 0 Å². The van der Waals surface area contributed by atoms with Crippen LogP contribution in [0.4, 0.5) is 5.69 Å². The van der Waals surface area contributed by atoms with E-state index < -0.39 is 67.2 Å². The molecule has 19 heteroatoms. The van der Waals surface area contributed by atoms with E-state index in [9.17, 15) is 54.1 Å². The highest BCUT2D eigenvalue weighted by Crippen LogP contribution is 2.19. The number of carbonyl (C=O) groups excluding carboxylic acids is 3. The van der Waals surface area contributed by atoms with Crippen molar-refractivity contribution in [2.45, 2.75) is 37.3 Å². The fourth-order valence-electron chi connectivity index (χ4n) is 5.62. The van der Waals surface area contributed by atoms with Crippen LogP contribution in [0.3, 0.4) is 0 Å². The number of benzene rings is 1. The van der Waals surface area contributed by atoms with Crippen LogP contribution in [-0.4, -0.2) is 165 Å². The van der Waals surface area contributed by atoms with E-state index >= 15 is 0 Å². The topological polar surface area (TPSA) is 253 Å². The molecular formula is C29H42BN7O11. The zero-order valence-electron chi connectivity index (χ0n) is 26.4. The fourth-order valence-corrected chi connectivity index (χ4v) is 5.62. The first kappa shape index (κ1) is 37.9. The van der Waals surface area contributed by atoms with Crippen molar-refractivity contribution in [2.24, 2.45) is 0 Å². The lowest BCUT2D eigenvalue weighted by atomic mass is 9.78. The van der Waals surface area contributed by atoms with E-state index in [4.69, 9.17) is 0 Å². The lowest BCUT2D eigenvalue weighted by Crippen LogP contribution is -2.53. The molecule has 3 atom stereocenters. The number of carboxylic acids is 3. The summed E-state index contributed by atoms with van der Waals surface area (Å²) >= 11 is 0. The molecular weight excluding hydrogens is 633 g/mol. The molecule has 0 aliphatic carbocycles. The number of likely N-dealkylation sites (tertiary alicyclic amines) is 1. The van der Waals surface area contributed by atoms with Gasteiger partial charge in [0.25, 0.3) is 5.91 Å². The number of hydrogen-bond donors (Lipinski definition) is 8. The van der Waals surface area contributed by atoms with Gasteiger partial charge in [0, 0.05) is 51.4 Å². The standard InChI is InChI=1S/C29H42BN7O11/c1-2-21(28(44)37-9-3-4-23(37)30(47)48)31-27(43)19-5-7-20(8-6-19)32-33-24(38)16-22(29(45)46)36-14-12-34(17-25(39)40)10-11-35(13-15-36)18-26(41)42/h2,5-8,21-23,32,47-48H,1,3-4,9-18H2,(H,31,43)(H,33,38)(H,39,40)(H,41,42)(H,45,46)/t21-,22?,23+/m1/s1. The Hall–Kier alpha value is -4.56. The van der Waals surface area contributed by atoms with Crippen LogP contribution in [0, 0.1) is 0 Å². The van der Waals surface area contributed by atoms with E-state index in [0.717, 1.165) is 0 Å². The molecule has 8 N–H and O–H groups in total. The van der Waals surface area contributed by atoms with E-state index in [-0.39, 0.29) is 57.9 Å². The summed E-state index contributed by atoms with van der Waals surface area (Å²) in [6.07, 6.45) is 1.79. The van der Waals surface area contributed by atoms with E-state index in [1.54, 1.807) is 9.80 Å². The highest BCUT2D eigenvalue weighted by molar-refractivity contribution is 6.43. The summed E-state index contributed by atoms with van der Waals surface area (Å²) in [6.45, 7) is 4.52. The molecule has 1 aromatic carbocycles. The van der Waals surface area contributed by atoms with Crippen molar-refractivity contribution in [3.63, 3.8) is 0 Å². The molecule has 262 valence electrons. The number of hydrazine groups is 1. The number of carbonyl (C=O) groups is 6. The maximum Gasteiger partial charge on any atom is 0.475 e. The Kier molecular flexibility index (Phi) is 14.3. The molecule has 1 aromatic rings. The monoisotopic (exact) mass is 675 g/mol. The molecule has 3 rings (SSSR count). The Labute approximate surface area is 277 Å². The van der Waals surface area contributed by atoms with Gasteiger partial charge in [0.15, 0.2) is 0 Å². The first-order valence-electron chi connectivity index (χ1n) is 15.4. The Morgan fingerprint density at radius 2 is 1.44 bits per heavy atom. The summed E-state index contributed by atoms with van der Waals surface area (Å²) in [7, 11) is -1.70. The summed E-state index contributed by atoms with van der Waals surface area (Å²) in [4.78, 5) is 79.4. The molecule has 2 aliphatic heterocycles. The fraction of sp³-hybridized carbons (Fsp3) is 0.517. The van der Waals surface area contributed by atoms with Gasteiger partial charge in [-0.05, 0) is 37.1 Å². The lowest BCUT2D eigenvalue weighted by Gasteiger charge is -2.30. The first-order chi connectivity index (χ1) is 22.8. The molecule has 3 amide bonds. The van der Waals surface area contributed by atoms with Crippen molar-refractivity contribution in [2.75, 3.05) is 64.3 Å². The third kappa shape index (κ3) is 11.3. The van der Waals surface area contributed by atoms with Gasteiger partial charge in [0.2, 0.25) is 11.8 Å². The molecule has 0 saturated carbocycles. The van der Waals surface area contributed by atoms with Gasteiger partial charge in [0.05, 0.1) is 31.1 Å². The van der Waals surface area contributed by atoms with Gasteiger partial charge < -0.3 is 35.6 Å². The molecule has 0 bridgehead atoms. The van der Waals surface area contributed by atoms with Crippen molar-refractivity contribution >= 4 is 48.4 Å². The Morgan fingerprint density at radius 3 is 1.94 bits per heavy atom. The summed E-state index contributed by atoms with van der Waals surface area (Å²) in [5.74, 6) is -5.99. The van der Waals surface area contributed by atoms with Crippen LogP contribution in [0.1, 0.15) is 29.6 Å². The van der Waals surface area contributed by atoms with Crippen molar-refractivity contribution in [3.05, 3.63) is 42.5 Å². The number of amides is 3. The van der Waals surface area contributed by atoms with Gasteiger partial charge >= 0.3 is 25.0 Å². The number of aliphatic carboxylic acids is 3. The number of nitrogens with one attached hydrogen (secondary N) is 3. The molecule has 2 fully saturated rings. The Balaban J connectivity index is 1.57. The van der Waals surface area contributed by atoms with Crippen LogP contribution in [0.5, 0.6) is 0 Å². The largest absolute Gasteiger partial charge is 0.480 e. The molecule has 0 aromatic heterocycles. The Bertz CT molecular complexity index is 1300. The second kappa shape index (κ2) is 18.1. The van der Waals surface area contributed by atoms with Gasteiger partial charge in [-0.1, -0.05) is 6.08 Å². The highest BCUT2D eigenvalue weighted by Gasteiger charge is 2.39. The zero-order valence-corrected chi connectivity index (χ0v) is 26.4. The van der Waals surface area contributed by atoms with E-state index in [2.05, 4.69) is 22.7 Å². The van der Waals surface area contributed by atoms with E-state index in [1.165, 1.54) is 40.1 Å². The van der Waals surface area contributed by atoms with Crippen molar-refractivity contribution < 1.29 is 54.1 Å². The van der Waals surface area contributed by atoms with Crippen LogP contribution >= 0.6 is 0 Å². The number of carboxylic acid groups (broad SMARTS) is 3. The second-order valence-corrected chi connectivity index (χ2v) is 11.5. The van der Waals surface area contributed by atoms with Gasteiger partial charge in [-0.15, -0.1) is 6.58 Å². The highest BCUT2D eigenvalue weighted by atomic mass is 16.4. The maximum absolute atomic E-state index is 12.9. The number of nitrogens with zero attached hydrogens (tertiary/aromatic N) is 4. The van der Waals surface area contributed by atoms with Crippen molar-refractivity contribution in [1.82, 2.24) is 30.3 Å². The van der Waals surface area contributed by atoms with Gasteiger partial charge in [0.1, 0.15) is 12.1 Å². The molecule has 1 unspecified atom stereocenters. The molecule has 2 aliphatic rings. The zero-order chi connectivity index (χ0) is 35.4. The average Bonchev–Trinajstić information content (AvgIpc) is 3.56. The van der Waals surface area contributed by atoms with Crippen molar-refractivity contribution in [3.8, 4) is 0 Å². The van der Waals surface area contributed by atoms with Gasteiger partial charge in [-0.25, -0.2) is 0 Å². The lowest BCUT2D eigenvalue weighted by molar-refractivity contribution is -0.146. The summed E-state index contributed by atoms with van der Waals surface area (Å²) in [5.41, 5.74) is 5.62. The third-order valence-corrected chi connectivity index (χ3v) is 8.17. The van der Waals surface area contributed by atoms with Gasteiger partial charge in [-0.3, -0.25) is 54.3 Å². The molecule has 2 heterocycles. The van der Waals surface area contributed by atoms with Crippen LogP contribution in [-0.2, 0) is 24.0 Å². The quantitative estimate of drug-likeness (QED) is 0.0537. The molecule has 0 spiro atoms. The predicted octanol–water partition coefficient (Wildman–Crippen LogP) is -2.65.